The van der Waals surface area contributed by atoms with Crippen LogP contribution in [0, 0.1) is 0 Å². The normalized spacial score (nSPS) is 23.1. The highest BCUT2D eigenvalue weighted by molar-refractivity contribution is 5.98. The topological polar surface area (TPSA) is 50.4 Å². The van der Waals surface area contributed by atoms with E-state index < -0.39 is 0 Å². The van der Waals surface area contributed by atoms with Crippen LogP contribution in [0.4, 0.5) is 5.69 Å². The maximum Gasteiger partial charge on any atom is 0.251 e. The second-order valence-electron chi connectivity index (χ2n) is 4.54. The Balaban J connectivity index is 1.88. The molecule has 4 heteroatoms. The van der Waals surface area contributed by atoms with Crippen molar-refractivity contribution in [3.05, 3.63) is 29.3 Å². The lowest BCUT2D eigenvalue weighted by Crippen LogP contribution is -2.33. The predicted molar refractivity (Wildman–Crippen MR) is 65.3 cm³/mol. The van der Waals surface area contributed by atoms with Crippen LogP contribution in [0.3, 0.4) is 0 Å². The average molecular weight is 232 g/mol. The van der Waals surface area contributed by atoms with E-state index in [1.807, 2.05) is 12.1 Å². The van der Waals surface area contributed by atoms with Gasteiger partial charge in [-0.1, -0.05) is 6.07 Å². The molecule has 2 aliphatic rings. The van der Waals surface area contributed by atoms with E-state index in [0.717, 1.165) is 49.4 Å². The van der Waals surface area contributed by atoms with Gasteiger partial charge in [-0.05, 0) is 30.5 Å². The molecule has 1 saturated heterocycles. The van der Waals surface area contributed by atoms with Crippen LogP contribution in [0.2, 0.25) is 0 Å². The Bertz CT molecular complexity index is 439. The molecule has 90 valence electrons. The Hall–Kier alpha value is -1.55. The fourth-order valence-corrected chi connectivity index (χ4v) is 2.47. The summed E-state index contributed by atoms with van der Waals surface area (Å²) < 4.78 is 5.35. The molecule has 4 nitrogen and oxygen atoms in total. The zero-order valence-electron chi connectivity index (χ0n) is 9.66. The lowest BCUT2D eigenvalue weighted by Gasteiger charge is -2.22. The van der Waals surface area contributed by atoms with E-state index in [1.165, 1.54) is 0 Å². The van der Waals surface area contributed by atoms with Crippen LogP contribution >= 0.6 is 0 Å². The largest absolute Gasteiger partial charge is 0.380 e. The minimum Gasteiger partial charge on any atom is -0.380 e. The molecule has 0 radical (unpaired) electrons. The third kappa shape index (κ3) is 2.00. The third-order valence-corrected chi connectivity index (χ3v) is 3.37. The Morgan fingerprint density at radius 1 is 1.41 bits per heavy atom. The maximum atomic E-state index is 11.7. The van der Waals surface area contributed by atoms with Crippen molar-refractivity contribution in [1.82, 2.24) is 5.32 Å². The fraction of sp³-hybridized carbons (Fsp3) is 0.462. The van der Waals surface area contributed by atoms with Crippen molar-refractivity contribution in [2.45, 2.75) is 18.9 Å². The first-order valence-electron chi connectivity index (χ1n) is 6.09. The monoisotopic (exact) mass is 232 g/mol. The van der Waals surface area contributed by atoms with Crippen molar-refractivity contribution in [3.63, 3.8) is 0 Å². The minimum atomic E-state index is 0.0394. The summed E-state index contributed by atoms with van der Waals surface area (Å²) >= 11 is 0. The van der Waals surface area contributed by atoms with Crippen LogP contribution in [-0.4, -0.2) is 31.7 Å². The smallest absolute Gasteiger partial charge is 0.251 e. The molecule has 0 saturated carbocycles. The van der Waals surface area contributed by atoms with Gasteiger partial charge in [0.2, 0.25) is 0 Å². The van der Waals surface area contributed by atoms with Crippen LogP contribution in [0.5, 0.6) is 0 Å². The number of hydrogen-bond acceptors (Lipinski definition) is 3. The van der Waals surface area contributed by atoms with E-state index in [-0.39, 0.29) is 5.91 Å². The lowest BCUT2D eigenvalue weighted by molar-refractivity contribution is 0.0946. The van der Waals surface area contributed by atoms with Crippen molar-refractivity contribution in [2.24, 2.45) is 0 Å². The highest BCUT2D eigenvalue weighted by Crippen LogP contribution is 2.24. The summed E-state index contributed by atoms with van der Waals surface area (Å²) in [6, 6.07) is 6.25. The summed E-state index contributed by atoms with van der Waals surface area (Å²) in [7, 11) is 0. The summed E-state index contributed by atoms with van der Waals surface area (Å²) in [4.78, 5) is 11.7. The maximum absolute atomic E-state index is 11.7. The molecule has 17 heavy (non-hydrogen) atoms. The van der Waals surface area contributed by atoms with Crippen LogP contribution in [-0.2, 0) is 11.2 Å². The first kappa shape index (κ1) is 10.6. The van der Waals surface area contributed by atoms with Gasteiger partial charge in [0, 0.05) is 24.4 Å². The molecule has 2 N–H and O–H groups in total. The predicted octanol–water partition coefficient (Wildman–Crippen LogP) is 1.17. The number of carbonyl (C=O) groups is 1. The number of amides is 1. The molecule has 2 aliphatic heterocycles. The van der Waals surface area contributed by atoms with Gasteiger partial charge in [-0.3, -0.25) is 4.79 Å². The Labute approximate surface area is 100 Å². The summed E-state index contributed by atoms with van der Waals surface area (Å²) in [5.41, 5.74) is 3.04. The molecule has 1 unspecified atom stereocenters. The molecule has 2 heterocycles. The number of fused-ring (bicyclic) bond motifs is 1. The number of rotatable bonds is 2. The van der Waals surface area contributed by atoms with Gasteiger partial charge in [0.05, 0.1) is 12.6 Å². The van der Waals surface area contributed by atoms with Crippen LogP contribution < -0.4 is 10.6 Å². The first-order valence-corrected chi connectivity index (χ1v) is 6.09. The summed E-state index contributed by atoms with van der Waals surface area (Å²) in [6.45, 7) is 2.31. The van der Waals surface area contributed by atoms with Crippen LogP contribution in [0.1, 0.15) is 22.3 Å². The number of anilines is 1. The Morgan fingerprint density at radius 3 is 3.18 bits per heavy atom. The standard InChI is InChI=1S/C13H16N2O2/c16-13-11-2-1-3-12(10(11)4-6-14-13)15-9-5-7-17-8-9/h1-3,9,15H,4-8H2,(H,14,16). The molecule has 0 bridgehead atoms. The number of nitrogens with one attached hydrogen (secondary N) is 2. The molecular formula is C13H16N2O2. The second kappa shape index (κ2) is 4.37. The Kier molecular flexibility index (Phi) is 2.73. The molecule has 0 aliphatic carbocycles. The van der Waals surface area contributed by atoms with E-state index in [2.05, 4.69) is 16.7 Å². The van der Waals surface area contributed by atoms with E-state index in [9.17, 15) is 4.79 Å². The quantitative estimate of drug-likeness (QED) is 0.805. The number of benzene rings is 1. The summed E-state index contributed by atoms with van der Waals surface area (Å²) in [5, 5.41) is 6.35. The molecule has 1 fully saturated rings. The van der Waals surface area contributed by atoms with Crippen molar-refractivity contribution < 1.29 is 9.53 Å². The zero-order valence-corrected chi connectivity index (χ0v) is 9.66. The molecule has 1 atom stereocenters. The molecule has 0 spiro atoms. The molecule has 1 aromatic rings. The van der Waals surface area contributed by atoms with E-state index >= 15 is 0 Å². The average Bonchev–Trinajstić information content (AvgIpc) is 2.83. The first-order chi connectivity index (χ1) is 8.34. The molecule has 1 amide bonds. The van der Waals surface area contributed by atoms with Gasteiger partial charge in [-0.25, -0.2) is 0 Å². The molecular weight excluding hydrogens is 216 g/mol. The van der Waals surface area contributed by atoms with Crippen LogP contribution in [0.15, 0.2) is 18.2 Å². The number of carbonyl (C=O) groups excluding carboxylic acids is 1. The zero-order chi connectivity index (χ0) is 11.7. The van der Waals surface area contributed by atoms with Gasteiger partial charge in [-0.15, -0.1) is 0 Å². The second-order valence-corrected chi connectivity index (χ2v) is 4.54. The SMILES string of the molecule is O=C1NCCc2c(NC3CCOC3)cccc21. The molecule has 0 aromatic heterocycles. The van der Waals surface area contributed by atoms with Crippen molar-refractivity contribution >= 4 is 11.6 Å². The fourth-order valence-electron chi connectivity index (χ4n) is 2.47. The highest BCUT2D eigenvalue weighted by atomic mass is 16.5. The van der Waals surface area contributed by atoms with Gasteiger partial charge >= 0.3 is 0 Å². The highest BCUT2D eigenvalue weighted by Gasteiger charge is 2.21. The van der Waals surface area contributed by atoms with Gasteiger partial charge in [0.25, 0.3) is 5.91 Å². The lowest BCUT2D eigenvalue weighted by atomic mass is 9.98. The van der Waals surface area contributed by atoms with Gasteiger partial charge in [0.1, 0.15) is 0 Å². The van der Waals surface area contributed by atoms with Gasteiger partial charge in [-0.2, -0.15) is 0 Å². The summed E-state index contributed by atoms with van der Waals surface area (Å²) in [5.74, 6) is 0.0394. The van der Waals surface area contributed by atoms with Crippen molar-refractivity contribution in [3.8, 4) is 0 Å². The number of hydrogen-bond donors (Lipinski definition) is 2. The van der Waals surface area contributed by atoms with E-state index in [4.69, 9.17) is 4.74 Å². The van der Waals surface area contributed by atoms with Crippen molar-refractivity contribution in [2.75, 3.05) is 25.1 Å². The van der Waals surface area contributed by atoms with Crippen LogP contribution in [0.25, 0.3) is 0 Å². The third-order valence-electron chi connectivity index (χ3n) is 3.37. The summed E-state index contributed by atoms with van der Waals surface area (Å²) in [6.07, 6.45) is 1.94. The van der Waals surface area contributed by atoms with Gasteiger partial charge < -0.3 is 15.4 Å². The van der Waals surface area contributed by atoms with E-state index in [1.54, 1.807) is 0 Å². The van der Waals surface area contributed by atoms with Crippen molar-refractivity contribution in [1.29, 1.82) is 0 Å². The molecule has 1 aromatic carbocycles. The van der Waals surface area contributed by atoms with E-state index in [0.29, 0.717) is 6.04 Å². The van der Waals surface area contributed by atoms with Gasteiger partial charge in [0.15, 0.2) is 0 Å². The Morgan fingerprint density at radius 2 is 2.35 bits per heavy atom. The molecule has 3 rings (SSSR count). The number of ether oxygens (including phenoxy) is 1. The minimum absolute atomic E-state index is 0.0394.